The molecule has 1 saturated heterocycles. The van der Waals surface area contributed by atoms with Crippen molar-refractivity contribution in [3.05, 3.63) is 18.1 Å². The topological polar surface area (TPSA) is 84.3 Å². The first-order valence-corrected chi connectivity index (χ1v) is 5.51. The van der Waals surface area contributed by atoms with Crippen LogP contribution in [0, 0.1) is 6.92 Å². The Bertz CT molecular complexity index is 416. The molecule has 0 radical (unpaired) electrons. The number of carboxylic acids is 1. The summed E-state index contributed by atoms with van der Waals surface area (Å²) in [7, 11) is 0. The van der Waals surface area contributed by atoms with Crippen molar-refractivity contribution in [1.29, 1.82) is 0 Å². The van der Waals surface area contributed by atoms with E-state index >= 15 is 0 Å². The molecule has 6 heteroatoms. The molecule has 2 N–H and O–H groups in total. The second-order valence-corrected chi connectivity index (χ2v) is 4.11. The van der Waals surface area contributed by atoms with Gasteiger partial charge in [-0.2, -0.15) is 0 Å². The van der Waals surface area contributed by atoms with Gasteiger partial charge in [-0.05, 0) is 6.92 Å². The minimum absolute atomic E-state index is 0.429. The van der Waals surface area contributed by atoms with Gasteiger partial charge in [-0.1, -0.05) is 0 Å². The van der Waals surface area contributed by atoms with Gasteiger partial charge in [0.2, 0.25) is 0 Å². The average Bonchev–Trinajstić information content (AvgIpc) is 2.33. The highest BCUT2D eigenvalue weighted by atomic mass is 16.5. The Morgan fingerprint density at radius 1 is 1.41 bits per heavy atom. The van der Waals surface area contributed by atoms with E-state index in [-0.39, 0.29) is 0 Å². The molecule has 0 aromatic carbocycles. The van der Waals surface area contributed by atoms with Crippen molar-refractivity contribution >= 4 is 11.8 Å². The maximum absolute atomic E-state index is 11.4. The summed E-state index contributed by atoms with van der Waals surface area (Å²) in [4.78, 5) is 19.6. The molecule has 92 valence electrons. The summed E-state index contributed by atoms with van der Waals surface area (Å²) in [5.41, 5.74) is -0.293. The molecule has 1 fully saturated rings. The Morgan fingerprint density at radius 2 is 2.06 bits per heavy atom. The van der Waals surface area contributed by atoms with Crippen LogP contribution in [0.25, 0.3) is 0 Å². The molecule has 2 heterocycles. The molecule has 1 aromatic heterocycles. The number of carboxylic acid groups (broad SMARTS) is 1. The van der Waals surface area contributed by atoms with E-state index in [4.69, 9.17) is 4.74 Å². The Labute approximate surface area is 99.0 Å². The fourth-order valence-corrected chi connectivity index (χ4v) is 1.87. The van der Waals surface area contributed by atoms with Crippen LogP contribution in [0.1, 0.15) is 18.5 Å². The van der Waals surface area contributed by atoms with E-state index in [1.54, 1.807) is 19.3 Å². The first-order valence-electron chi connectivity index (χ1n) is 5.51. The predicted octanol–water partition coefficient (Wildman–Crippen LogP) is 0.831. The number of rotatable bonds is 3. The largest absolute Gasteiger partial charge is 0.480 e. The van der Waals surface area contributed by atoms with Crippen molar-refractivity contribution in [3.63, 3.8) is 0 Å². The molecule has 1 aliphatic rings. The summed E-state index contributed by atoms with van der Waals surface area (Å²) in [6.45, 7) is 2.68. The number of nitrogens with one attached hydrogen (secondary N) is 1. The third kappa shape index (κ3) is 2.36. The molecule has 0 spiro atoms. The third-order valence-corrected chi connectivity index (χ3v) is 2.99. The maximum atomic E-state index is 11.4. The van der Waals surface area contributed by atoms with Gasteiger partial charge in [0.05, 0.1) is 5.69 Å². The molecule has 0 bridgehead atoms. The van der Waals surface area contributed by atoms with Crippen molar-refractivity contribution in [1.82, 2.24) is 9.97 Å². The lowest BCUT2D eigenvalue weighted by molar-refractivity contribution is -0.145. The smallest absolute Gasteiger partial charge is 0.329 e. The summed E-state index contributed by atoms with van der Waals surface area (Å²) in [6, 6.07) is 0. The number of hydrogen-bond donors (Lipinski definition) is 2. The first kappa shape index (κ1) is 11.8. The van der Waals surface area contributed by atoms with Gasteiger partial charge in [0.1, 0.15) is 11.4 Å². The molecule has 1 aromatic rings. The van der Waals surface area contributed by atoms with E-state index in [0.29, 0.717) is 37.6 Å². The fourth-order valence-electron chi connectivity index (χ4n) is 1.87. The van der Waals surface area contributed by atoms with E-state index in [1.807, 2.05) is 0 Å². The van der Waals surface area contributed by atoms with Crippen molar-refractivity contribution < 1.29 is 14.6 Å². The molecule has 0 unspecified atom stereocenters. The van der Waals surface area contributed by atoms with Crippen LogP contribution in [0.4, 0.5) is 5.82 Å². The lowest BCUT2D eigenvalue weighted by Crippen LogP contribution is -2.50. The van der Waals surface area contributed by atoms with Gasteiger partial charge in [0.15, 0.2) is 0 Å². The molecule has 0 atom stereocenters. The number of carbonyl (C=O) groups is 1. The van der Waals surface area contributed by atoms with E-state index in [0.717, 1.165) is 0 Å². The summed E-state index contributed by atoms with van der Waals surface area (Å²) in [5, 5.41) is 12.4. The summed E-state index contributed by atoms with van der Waals surface area (Å²) >= 11 is 0. The highest BCUT2D eigenvalue weighted by Crippen LogP contribution is 2.26. The Morgan fingerprint density at radius 3 is 2.65 bits per heavy atom. The highest BCUT2D eigenvalue weighted by Gasteiger charge is 2.40. The number of hydrogen-bond acceptors (Lipinski definition) is 5. The Kier molecular flexibility index (Phi) is 3.23. The zero-order valence-corrected chi connectivity index (χ0v) is 9.64. The molecule has 0 saturated carbocycles. The van der Waals surface area contributed by atoms with Crippen LogP contribution in [0.3, 0.4) is 0 Å². The van der Waals surface area contributed by atoms with Crippen LogP contribution < -0.4 is 5.32 Å². The van der Waals surface area contributed by atoms with Gasteiger partial charge < -0.3 is 15.2 Å². The van der Waals surface area contributed by atoms with Crippen LogP contribution in [-0.2, 0) is 9.53 Å². The van der Waals surface area contributed by atoms with Gasteiger partial charge in [0.25, 0.3) is 0 Å². The van der Waals surface area contributed by atoms with E-state index < -0.39 is 11.5 Å². The fraction of sp³-hybridized carbons (Fsp3) is 0.545. The average molecular weight is 237 g/mol. The molecule has 0 amide bonds. The van der Waals surface area contributed by atoms with E-state index in [9.17, 15) is 9.90 Å². The maximum Gasteiger partial charge on any atom is 0.329 e. The molecule has 0 aliphatic carbocycles. The van der Waals surface area contributed by atoms with E-state index in [2.05, 4.69) is 15.3 Å². The second kappa shape index (κ2) is 4.67. The number of aromatic nitrogens is 2. The number of ether oxygens (including phenoxy) is 1. The zero-order valence-electron chi connectivity index (χ0n) is 9.64. The van der Waals surface area contributed by atoms with Crippen LogP contribution in [0.5, 0.6) is 0 Å². The summed E-state index contributed by atoms with van der Waals surface area (Å²) in [5.74, 6) is -0.345. The zero-order chi connectivity index (χ0) is 12.3. The molecule has 17 heavy (non-hydrogen) atoms. The first-order chi connectivity index (χ1) is 8.14. The van der Waals surface area contributed by atoms with Crippen LogP contribution >= 0.6 is 0 Å². The van der Waals surface area contributed by atoms with Crippen molar-refractivity contribution in [3.8, 4) is 0 Å². The Hall–Kier alpha value is -1.69. The quantitative estimate of drug-likeness (QED) is 0.810. The lowest BCUT2D eigenvalue weighted by atomic mass is 9.90. The minimum atomic E-state index is -0.987. The van der Waals surface area contributed by atoms with Crippen LogP contribution in [-0.4, -0.2) is 39.8 Å². The standard InChI is InChI=1S/C11H15N3O3/c1-8-9(13-5-4-12-8)14-11(10(15)16)2-6-17-7-3-11/h4-5H,2-3,6-7H2,1H3,(H,13,14)(H,15,16). The van der Waals surface area contributed by atoms with Gasteiger partial charge in [-0.25, -0.2) is 9.78 Å². The van der Waals surface area contributed by atoms with Gasteiger partial charge in [-0.15, -0.1) is 0 Å². The van der Waals surface area contributed by atoms with Crippen molar-refractivity contribution in [2.45, 2.75) is 25.3 Å². The van der Waals surface area contributed by atoms with Crippen LogP contribution in [0.15, 0.2) is 12.4 Å². The minimum Gasteiger partial charge on any atom is -0.480 e. The summed E-state index contributed by atoms with van der Waals surface area (Å²) < 4.78 is 5.20. The number of aryl methyl sites for hydroxylation is 1. The molecule has 2 rings (SSSR count). The summed E-state index contributed by atoms with van der Waals surface area (Å²) in [6.07, 6.45) is 3.98. The number of aliphatic carboxylic acids is 1. The highest BCUT2D eigenvalue weighted by molar-refractivity contribution is 5.82. The monoisotopic (exact) mass is 237 g/mol. The lowest BCUT2D eigenvalue weighted by Gasteiger charge is -2.34. The molecular formula is C11H15N3O3. The molecular weight excluding hydrogens is 222 g/mol. The normalized spacial score (nSPS) is 18.6. The van der Waals surface area contributed by atoms with Gasteiger partial charge >= 0.3 is 5.97 Å². The SMILES string of the molecule is Cc1nccnc1NC1(C(=O)O)CCOCC1. The van der Waals surface area contributed by atoms with Crippen molar-refractivity contribution in [2.24, 2.45) is 0 Å². The van der Waals surface area contributed by atoms with Gasteiger partial charge in [0, 0.05) is 38.4 Å². The van der Waals surface area contributed by atoms with Crippen LogP contribution in [0.2, 0.25) is 0 Å². The van der Waals surface area contributed by atoms with Crippen molar-refractivity contribution in [2.75, 3.05) is 18.5 Å². The van der Waals surface area contributed by atoms with E-state index in [1.165, 1.54) is 0 Å². The number of anilines is 1. The second-order valence-electron chi connectivity index (χ2n) is 4.11. The number of nitrogens with zero attached hydrogens (tertiary/aromatic N) is 2. The third-order valence-electron chi connectivity index (χ3n) is 2.99. The molecule has 1 aliphatic heterocycles. The molecule has 6 nitrogen and oxygen atoms in total. The predicted molar refractivity (Wildman–Crippen MR) is 60.8 cm³/mol. The van der Waals surface area contributed by atoms with Gasteiger partial charge in [-0.3, -0.25) is 4.98 Å². The Balaban J connectivity index is 2.24.